The summed E-state index contributed by atoms with van der Waals surface area (Å²) in [4.78, 5) is 11.6. The molecule has 1 rings (SSSR count). The highest BCUT2D eigenvalue weighted by atomic mass is 16.6. The van der Waals surface area contributed by atoms with Gasteiger partial charge in [0.05, 0.1) is 6.61 Å². The minimum Gasteiger partial charge on any atom is -0.444 e. The molecular formula is C16H23NO3. The van der Waals surface area contributed by atoms with Crippen molar-refractivity contribution in [2.45, 2.75) is 39.3 Å². The fourth-order valence-corrected chi connectivity index (χ4v) is 1.70. The lowest BCUT2D eigenvalue weighted by atomic mass is 10.0. The predicted octanol–water partition coefficient (Wildman–Crippen LogP) is 2.80. The molecule has 0 heterocycles. The molecule has 0 bridgehead atoms. The van der Waals surface area contributed by atoms with Crippen LogP contribution in [0.2, 0.25) is 0 Å². The molecule has 110 valence electrons. The van der Waals surface area contributed by atoms with Gasteiger partial charge in [-0.05, 0) is 38.3 Å². The number of alkyl carbamates (subject to hydrolysis) is 1. The number of amides is 1. The summed E-state index contributed by atoms with van der Waals surface area (Å²) >= 11 is 0. The number of rotatable bonds is 5. The molecule has 0 saturated carbocycles. The molecule has 1 aromatic rings. The third-order valence-corrected chi connectivity index (χ3v) is 2.55. The van der Waals surface area contributed by atoms with Gasteiger partial charge >= 0.3 is 6.09 Å². The van der Waals surface area contributed by atoms with Gasteiger partial charge in [0.15, 0.2) is 0 Å². The molecule has 2 N–H and O–H groups in total. The van der Waals surface area contributed by atoms with Gasteiger partial charge in [0, 0.05) is 6.54 Å². The highest BCUT2D eigenvalue weighted by molar-refractivity contribution is 5.67. The Hall–Kier alpha value is -1.81. The lowest BCUT2D eigenvalue weighted by molar-refractivity contribution is 0.0523. The van der Waals surface area contributed by atoms with E-state index < -0.39 is 11.7 Å². The maximum Gasteiger partial charge on any atom is 0.407 e. The van der Waals surface area contributed by atoms with Gasteiger partial charge < -0.3 is 15.2 Å². The summed E-state index contributed by atoms with van der Waals surface area (Å²) in [6, 6.07) is 7.87. The van der Waals surface area contributed by atoms with Gasteiger partial charge in [-0.15, -0.1) is 0 Å². The minimum absolute atomic E-state index is 0.0400. The first kappa shape index (κ1) is 16.2. The molecule has 0 saturated heterocycles. The topological polar surface area (TPSA) is 58.6 Å². The molecule has 4 heteroatoms. The summed E-state index contributed by atoms with van der Waals surface area (Å²) in [6.45, 7) is 5.97. The van der Waals surface area contributed by atoms with Crippen molar-refractivity contribution in [1.29, 1.82) is 0 Å². The number of allylic oxidation sites excluding steroid dienone is 1. The second kappa shape index (κ2) is 7.70. The Balaban J connectivity index is 2.59. The van der Waals surface area contributed by atoms with E-state index in [-0.39, 0.29) is 6.61 Å². The molecule has 1 amide bonds. The van der Waals surface area contributed by atoms with Crippen molar-refractivity contribution in [2.75, 3.05) is 6.61 Å². The van der Waals surface area contributed by atoms with Crippen molar-refractivity contribution in [3.63, 3.8) is 0 Å². The zero-order valence-electron chi connectivity index (χ0n) is 12.3. The van der Waals surface area contributed by atoms with Gasteiger partial charge in [-0.1, -0.05) is 36.4 Å². The van der Waals surface area contributed by atoms with Crippen LogP contribution in [-0.2, 0) is 17.7 Å². The lowest BCUT2D eigenvalue weighted by Gasteiger charge is -2.20. The average Bonchev–Trinajstić information content (AvgIpc) is 2.36. The van der Waals surface area contributed by atoms with Gasteiger partial charge in [0.1, 0.15) is 5.60 Å². The SMILES string of the molecule is CC(C)(C)OC(=O)NCc1ccccc1C/C=C/CO. The third-order valence-electron chi connectivity index (χ3n) is 2.55. The molecule has 0 aromatic heterocycles. The van der Waals surface area contributed by atoms with E-state index in [1.807, 2.05) is 51.1 Å². The number of nitrogens with one attached hydrogen (secondary N) is 1. The summed E-state index contributed by atoms with van der Waals surface area (Å²) in [5.41, 5.74) is 1.67. The standard InChI is InChI=1S/C16H23NO3/c1-16(2,3)20-15(19)17-12-14-10-5-4-8-13(14)9-6-7-11-18/h4-8,10,18H,9,11-12H2,1-3H3,(H,17,19)/b7-6+. The third kappa shape index (κ3) is 6.38. The van der Waals surface area contributed by atoms with Crippen molar-refractivity contribution in [3.8, 4) is 0 Å². The number of benzene rings is 1. The number of hydrogen-bond acceptors (Lipinski definition) is 3. The van der Waals surface area contributed by atoms with Crippen LogP contribution in [-0.4, -0.2) is 23.4 Å². The van der Waals surface area contributed by atoms with Crippen molar-refractivity contribution in [2.24, 2.45) is 0 Å². The van der Waals surface area contributed by atoms with Crippen molar-refractivity contribution in [3.05, 3.63) is 47.5 Å². The number of aliphatic hydroxyl groups excluding tert-OH is 1. The second-order valence-corrected chi connectivity index (χ2v) is 5.48. The van der Waals surface area contributed by atoms with Crippen LogP contribution >= 0.6 is 0 Å². The summed E-state index contributed by atoms with van der Waals surface area (Å²) < 4.78 is 5.20. The molecule has 0 spiro atoms. The number of ether oxygens (including phenoxy) is 1. The summed E-state index contributed by atoms with van der Waals surface area (Å²) in [7, 11) is 0. The minimum atomic E-state index is -0.493. The molecule has 0 atom stereocenters. The van der Waals surface area contributed by atoms with E-state index in [0.717, 1.165) is 17.5 Å². The van der Waals surface area contributed by atoms with Crippen LogP contribution in [0, 0.1) is 0 Å². The van der Waals surface area contributed by atoms with E-state index in [0.29, 0.717) is 6.54 Å². The first-order valence-electron chi connectivity index (χ1n) is 6.72. The maximum atomic E-state index is 11.6. The molecule has 0 radical (unpaired) electrons. The van der Waals surface area contributed by atoms with Crippen LogP contribution in [0.3, 0.4) is 0 Å². The lowest BCUT2D eigenvalue weighted by Crippen LogP contribution is -2.32. The first-order chi connectivity index (χ1) is 9.42. The molecule has 4 nitrogen and oxygen atoms in total. The Morgan fingerprint density at radius 3 is 2.50 bits per heavy atom. The Labute approximate surface area is 120 Å². The predicted molar refractivity (Wildman–Crippen MR) is 79.4 cm³/mol. The molecule has 0 unspecified atom stereocenters. The maximum absolute atomic E-state index is 11.6. The van der Waals surface area contributed by atoms with Crippen LogP contribution in [0.1, 0.15) is 31.9 Å². The molecule has 1 aromatic carbocycles. The zero-order valence-corrected chi connectivity index (χ0v) is 12.3. The molecule has 20 heavy (non-hydrogen) atoms. The number of carbonyl (C=O) groups excluding carboxylic acids is 1. The normalized spacial score (nSPS) is 11.6. The Kier molecular flexibility index (Phi) is 6.25. The monoisotopic (exact) mass is 277 g/mol. The number of hydrogen-bond donors (Lipinski definition) is 2. The van der Waals surface area contributed by atoms with Crippen molar-refractivity contribution in [1.82, 2.24) is 5.32 Å². The molecule has 0 fully saturated rings. The quantitative estimate of drug-likeness (QED) is 0.814. The summed E-state index contributed by atoms with van der Waals surface area (Å²) in [5.74, 6) is 0. The van der Waals surface area contributed by atoms with Crippen LogP contribution in [0.25, 0.3) is 0 Å². The molecule has 0 aliphatic rings. The van der Waals surface area contributed by atoms with Crippen molar-refractivity contribution >= 4 is 6.09 Å². The highest BCUT2D eigenvalue weighted by Gasteiger charge is 2.15. The number of carbonyl (C=O) groups is 1. The Morgan fingerprint density at radius 1 is 1.25 bits per heavy atom. The van der Waals surface area contributed by atoms with Gasteiger partial charge in [-0.2, -0.15) is 0 Å². The van der Waals surface area contributed by atoms with Crippen LogP contribution in [0.5, 0.6) is 0 Å². The van der Waals surface area contributed by atoms with E-state index in [1.54, 1.807) is 6.08 Å². The van der Waals surface area contributed by atoms with E-state index in [9.17, 15) is 4.79 Å². The fourth-order valence-electron chi connectivity index (χ4n) is 1.70. The first-order valence-corrected chi connectivity index (χ1v) is 6.72. The Morgan fingerprint density at radius 2 is 1.90 bits per heavy atom. The average molecular weight is 277 g/mol. The van der Waals surface area contributed by atoms with Gasteiger partial charge in [-0.3, -0.25) is 0 Å². The van der Waals surface area contributed by atoms with Crippen molar-refractivity contribution < 1.29 is 14.6 Å². The smallest absolute Gasteiger partial charge is 0.407 e. The van der Waals surface area contributed by atoms with E-state index in [2.05, 4.69) is 5.32 Å². The van der Waals surface area contributed by atoms with E-state index in [4.69, 9.17) is 9.84 Å². The molecular weight excluding hydrogens is 254 g/mol. The van der Waals surface area contributed by atoms with Gasteiger partial charge in [0.2, 0.25) is 0 Å². The van der Waals surface area contributed by atoms with Crippen LogP contribution < -0.4 is 5.32 Å². The summed E-state index contributed by atoms with van der Waals surface area (Å²) in [5, 5.41) is 11.5. The largest absolute Gasteiger partial charge is 0.444 e. The highest BCUT2D eigenvalue weighted by Crippen LogP contribution is 2.11. The van der Waals surface area contributed by atoms with E-state index in [1.165, 1.54) is 0 Å². The zero-order chi connectivity index (χ0) is 15.0. The van der Waals surface area contributed by atoms with Gasteiger partial charge in [0.25, 0.3) is 0 Å². The van der Waals surface area contributed by atoms with Crippen LogP contribution in [0.15, 0.2) is 36.4 Å². The second-order valence-electron chi connectivity index (χ2n) is 5.48. The van der Waals surface area contributed by atoms with Gasteiger partial charge in [-0.25, -0.2) is 4.79 Å². The van der Waals surface area contributed by atoms with Crippen LogP contribution in [0.4, 0.5) is 4.79 Å². The van der Waals surface area contributed by atoms with E-state index >= 15 is 0 Å². The molecule has 0 aliphatic carbocycles. The fraction of sp³-hybridized carbons (Fsp3) is 0.438. The number of aliphatic hydroxyl groups is 1. The summed E-state index contributed by atoms with van der Waals surface area (Å²) in [6.07, 6.45) is 3.93. The molecule has 0 aliphatic heterocycles. The Bertz CT molecular complexity index is 461.